The molecule has 0 saturated carbocycles. The number of hydrogen-bond acceptors (Lipinski definition) is 11. The molecule has 0 amide bonds. The lowest BCUT2D eigenvalue weighted by molar-refractivity contribution is -0.301. The Labute approximate surface area is 502 Å². The van der Waals surface area contributed by atoms with Crippen LogP contribution in [0, 0.1) is 0 Å². The largest absolute Gasteiger partial charge is 0.479 e. The van der Waals surface area contributed by atoms with Gasteiger partial charge in [0.2, 0.25) is 0 Å². The average Bonchev–Trinajstić information content (AvgIpc) is 3.59. The number of rotatable bonds is 53. The Bertz CT molecular complexity index is 1950. The van der Waals surface area contributed by atoms with Gasteiger partial charge in [-0.2, -0.15) is 0 Å². The normalized spacial score (nSPS) is 18.5. The molecule has 1 saturated heterocycles. The first-order valence-electron chi connectivity index (χ1n) is 32.2. The summed E-state index contributed by atoms with van der Waals surface area (Å²) in [6.45, 7) is 5.69. The first kappa shape index (κ1) is 75.9. The summed E-state index contributed by atoms with van der Waals surface area (Å²) in [5.41, 5.74) is 0. The molecule has 0 aromatic carbocycles. The van der Waals surface area contributed by atoms with Crippen LogP contribution in [0.1, 0.15) is 239 Å². The third kappa shape index (κ3) is 46.9. The highest BCUT2D eigenvalue weighted by atomic mass is 16.7. The zero-order valence-electron chi connectivity index (χ0n) is 51.6. The summed E-state index contributed by atoms with van der Waals surface area (Å²) in [6, 6.07) is 0. The van der Waals surface area contributed by atoms with E-state index in [4.69, 9.17) is 23.7 Å². The molecular weight excluding hydrogens is 1040 g/mol. The molecule has 3 N–H and O–H groups in total. The molecule has 0 radical (unpaired) electrons. The topological polar surface area (TPSA) is 175 Å². The second kappa shape index (κ2) is 57.3. The van der Waals surface area contributed by atoms with Gasteiger partial charge < -0.3 is 39.0 Å². The van der Waals surface area contributed by atoms with Crippen molar-refractivity contribution < 1.29 is 58.2 Å². The van der Waals surface area contributed by atoms with E-state index in [1.165, 1.54) is 57.8 Å². The maximum Gasteiger partial charge on any atom is 0.335 e. The number of ether oxygens (including phenoxy) is 5. The van der Waals surface area contributed by atoms with Crippen molar-refractivity contribution in [1.82, 2.24) is 0 Å². The van der Waals surface area contributed by atoms with Crippen LogP contribution in [0.25, 0.3) is 0 Å². The molecule has 1 fully saturated rings. The Morgan fingerprint density at radius 2 is 0.783 bits per heavy atom. The van der Waals surface area contributed by atoms with E-state index in [9.17, 15) is 34.5 Å². The van der Waals surface area contributed by atoms with Crippen LogP contribution >= 0.6 is 0 Å². The molecule has 1 heterocycles. The average molecular weight is 1160 g/mol. The van der Waals surface area contributed by atoms with E-state index in [1.807, 2.05) is 12.2 Å². The molecular formula is C71H112O12. The number of hydrogen-bond donors (Lipinski definition) is 3. The Kier molecular flexibility index (Phi) is 52.4. The predicted octanol–water partition coefficient (Wildman–Crippen LogP) is 17.3. The summed E-state index contributed by atoms with van der Waals surface area (Å²) in [4.78, 5) is 51.3. The summed E-state index contributed by atoms with van der Waals surface area (Å²) in [6.07, 6.45) is 68.5. The summed E-state index contributed by atoms with van der Waals surface area (Å²) in [5.74, 6) is -3.28. The molecule has 0 spiro atoms. The van der Waals surface area contributed by atoms with Crippen molar-refractivity contribution in [2.24, 2.45) is 0 Å². The number of carbonyl (C=O) groups is 4. The van der Waals surface area contributed by atoms with Gasteiger partial charge in [-0.25, -0.2) is 4.79 Å². The molecule has 1 rings (SSSR count). The molecule has 1 aliphatic heterocycles. The Hall–Kier alpha value is -5.14. The van der Waals surface area contributed by atoms with Crippen molar-refractivity contribution in [2.45, 2.75) is 276 Å². The number of unbranched alkanes of at least 4 members (excludes halogenated alkanes) is 17. The lowest BCUT2D eigenvalue weighted by Gasteiger charge is -2.40. The minimum atomic E-state index is -1.93. The second-order valence-electron chi connectivity index (χ2n) is 21.3. The molecule has 1 aliphatic rings. The zero-order chi connectivity index (χ0) is 60.3. The second-order valence-corrected chi connectivity index (χ2v) is 21.3. The van der Waals surface area contributed by atoms with Gasteiger partial charge in [0.25, 0.3) is 0 Å². The fourth-order valence-electron chi connectivity index (χ4n) is 8.85. The number of aliphatic hydroxyl groups excluding tert-OH is 2. The van der Waals surface area contributed by atoms with Crippen molar-refractivity contribution in [3.8, 4) is 0 Å². The molecule has 83 heavy (non-hydrogen) atoms. The molecule has 0 bridgehead atoms. The van der Waals surface area contributed by atoms with Crippen LogP contribution in [0.4, 0.5) is 0 Å². The lowest BCUT2D eigenvalue weighted by atomic mass is 9.98. The molecule has 0 aromatic heterocycles. The van der Waals surface area contributed by atoms with E-state index in [0.29, 0.717) is 19.3 Å². The first-order valence-corrected chi connectivity index (χ1v) is 32.2. The molecule has 6 unspecified atom stereocenters. The van der Waals surface area contributed by atoms with Gasteiger partial charge in [0.15, 0.2) is 24.6 Å². The van der Waals surface area contributed by atoms with Gasteiger partial charge in [-0.1, -0.05) is 231 Å². The molecule has 468 valence electrons. The van der Waals surface area contributed by atoms with Crippen LogP contribution in [0.15, 0.2) is 134 Å². The van der Waals surface area contributed by atoms with Gasteiger partial charge in [-0.3, -0.25) is 14.4 Å². The quantitative estimate of drug-likeness (QED) is 0.0228. The van der Waals surface area contributed by atoms with Crippen LogP contribution in [-0.2, 0) is 42.9 Å². The van der Waals surface area contributed by atoms with Gasteiger partial charge in [-0.05, 0) is 122 Å². The van der Waals surface area contributed by atoms with E-state index in [-0.39, 0.29) is 25.9 Å². The highest BCUT2D eigenvalue weighted by Crippen LogP contribution is 2.26. The molecule has 12 heteroatoms. The van der Waals surface area contributed by atoms with Crippen LogP contribution in [0.5, 0.6) is 0 Å². The maximum atomic E-state index is 13.2. The monoisotopic (exact) mass is 1160 g/mol. The smallest absolute Gasteiger partial charge is 0.335 e. The van der Waals surface area contributed by atoms with Crippen LogP contribution in [-0.4, -0.2) is 89.2 Å². The predicted molar refractivity (Wildman–Crippen MR) is 340 cm³/mol. The van der Waals surface area contributed by atoms with E-state index in [1.54, 1.807) is 0 Å². The fraction of sp³-hybridized carbons (Fsp3) is 0.634. The van der Waals surface area contributed by atoms with Crippen molar-refractivity contribution in [3.63, 3.8) is 0 Å². The number of aliphatic carboxylic acids is 1. The van der Waals surface area contributed by atoms with Crippen molar-refractivity contribution in [2.75, 3.05) is 13.2 Å². The minimum absolute atomic E-state index is 0.0180. The van der Waals surface area contributed by atoms with Gasteiger partial charge in [0.1, 0.15) is 18.8 Å². The highest BCUT2D eigenvalue weighted by Gasteiger charge is 2.50. The number of esters is 3. The van der Waals surface area contributed by atoms with E-state index >= 15 is 0 Å². The third-order valence-electron chi connectivity index (χ3n) is 13.7. The third-order valence-corrected chi connectivity index (χ3v) is 13.7. The van der Waals surface area contributed by atoms with Crippen LogP contribution in [0.3, 0.4) is 0 Å². The fourth-order valence-corrected chi connectivity index (χ4v) is 8.85. The Morgan fingerprint density at radius 1 is 0.410 bits per heavy atom. The van der Waals surface area contributed by atoms with Gasteiger partial charge in [-0.15, -0.1) is 0 Å². The van der Waals surface area contributed by atoms with E-state index in [2.05, 4.69) is 142 Å². The van der Waals surface area contributed by atoms with Gasteiger partial charge in [0.05, 0.1) is 6.61 Å². The SMILES string of the molecule is CC/C=C\C/C=C\C/C=C\C/C=C\C/C=C\C/C=C\CCC(=O)OCC(COC1OC(C(=O)O)C(O)C(O)C1OC(=O)CCCCCC/C=C\C/C=C\C/C=C\C/C=C\CC)OC(=O)CCCCCCCCC/C=C\CCCCCCCC. The first-order chi connectivity index (χ1) is 40.6. The van der Waals surface area contributed by atoms with Crippen molar-refractivity contribution >= 4 is 23.9 Å². The number of aliphatic hydroxyl groups is 2. The van der Waals surface area contributed by atoms with Gasteiger partial charge in [0, 0.05) is 19.3 Å². The highest BCUT2D eigenvalue weighted by molar-refractivity contribution is 5.74. The van der Waals surface area contributed by atoms with Gasteiger partial charge >= 0.3 is 23.9 Å². The molecule has 12 nitrogen and oxygen atoms in total. The number of carbonyl (C=O) groups excluding carboxylic acids is 3. The van der Waals surface area contributed by atoms with E-state index in [0.717, 1.165) is 122 Å². The summed E-state index contributed by atoms with van der Waals surface area (Å²) in [7, 11) is 0. The number of carboxylic acids is 1. The molecule has 0 aromatic rings. The summed E-state index contributed by atoms with van der Waals surface area (Å²) >= 11 is 0. The molecule has 6 atom stereocenters. The molecule has 0 aliphatic carbocycles. The summed E-state index contributed by atoms with van der Waals surface area (Å²) < 4.78 is 28.4. The number of allylic oxidation sites excluding steroid dienone is 22. The Morgan fingerprint density at radius 3 is 1.22 bits per heavy atom. The minimum Gasteiger partial charge on any atom is -0.479 e. The van der Waals surface area contributed by atoms with E-state index < -0.39 is 67.3 Å². The van der Waals surface area contributed by atoms with Crippen molar-refractivity contribution in [3.05, 3.63) is 134 Å². The van der Waals surface area contributed by atoms with Crippen LogP contribution in [0.2, 0.25) is 0 Å². The van der Waals surface area contributed by atoms with Crippen molar-refractivity contribution in [1.29, 1.82) is 0 Å². The number of carboxylic acid groups (broad SMARTS) is 1. The van der Waals surface area contributed by atoms with Crippen LogP contribution < -0.4 is 0 Å². The lowest BCUT2D eigenvalue weighted by Crippen LogP contribution is -2.61. The Balaban J connectivity index is 2.74. The standard InChI is InChI=1S/C71H112O12/c1-4-7-10-13-16-19-22-25-28-31-32-35-36-39-42-45-48-51-54-57-63(72)79-60-62(81-64(73)58-55-52-49-46-43-40-37-33-29-26-23-20-17-14-11-8-5-2)61-80-71-69(67(76)66(75)68(83-71)70(77)78)82-65(74)59-56-53-50-47-44-41-38-34-30-27-24-21-18-15-12-9-6-3/h7,9-10,12,16,18-19,21,25-30,32,35,38-39,41-42,48,51,62,66-69,71,75-76H,4-6,8,11,13-15,17,20,22-24,31,33-34,36-37,40,43-47,49-50,52-61H2,1-3H3,(H,77,78)/b10-7-,12-9-,19-16-,21-18-,28-25-,29-26-,30-27-,35-32-,41-38-,42-39-,51-48-. The summed E-state index contributed by atoms with van der Waals surface area (Å²) in [5, 5.41) is 31.6. The zero-order valence-corrected chi connectivity index (χ0v) is 51.6. The maximum absolute atomic E-state index is 13.2.